The number of carbonyl (C=O) groups is 2. The molecule has 3 heterocycles. The zero-order valence-electron chi connectivity index (χ0n) is 19.0. The Balaban J connectivity index is 1.57. The van der Waals surface area contributed by atoms with E-state index in [2.05, 4.69) is 12.1 Å². The molecule has 1 aromatic carbocycles. The molecule has 6 heteroatoms. The number of benzene rings is 1. The molecule has 2 aliphatic rings. The first-order valence-electron chi connectivity index (χ1n) is 11.2. The van der Waals surface area contributed by atoms with Crippen molar-refractivity contribution in [1.29, 1.82) is 0 Å². The van der Waals surface area contributed by atoms with Crippen molar-refractivity contribution in [3.63, 3.8) is 0 Å². The van der Waals surface area contributed by atoms with Crippen molar-refractivity contribution in [2.45, 2.75) is 59.3 Å². The minimum Gasteiger partial charge on any atom is -0.341 e. The molecular formula is C25H32N4O2. The lowest BCUT2D eigenvalue weighted by Crippen LogP contribution is -2.39. The Labute approximate surface area is 184 Å². The quantitative estimate of drug-likeness (QED) is 0.757. The molecule has 0 bridgehead atoms. The fourth-order valence-electron chi connectivity index (χ4n) is 4.53. The van der Waals surface area contributed by atoms with Gasteiger partial charge in [-0.2, -0.15) is 0 Å². The van der Waals surface area contributed by atoms with E-state index < -0.39 is 0 Å². The van der Waals surface area contributed by atoms with Crippen LogP contribution in [0.5, 0.6) is 0 Å². The van der Waals surface area contributed by atoms with Gasteiger partial charge in [0.15, 0.2) is 0 Å². The van der Waals surface area contributed by atoms with Crippen LogP contribution in [0.3, 0.4) is 0 Å². The number of rotatable bonds is 4. The highest BCUT2D eigenvalue weighted by molar-refractivity contribution is 5.95. The molecule has 0 unspecified atom stereocenters. The van der Waals surface area contributed by atoms with E-state index in [1.165, 1.54) is 5.56 Å². The Morgan fingerprint density at radius 1 is 1.13 bits per heavy atom. The highest BCUT2D eigenvalue weighted by Gasteiger charge is 2.36. The molecule has 2 aromatic rings. The predicted octanol–water partition coefficient (Wildman–Crippen LogP) is 3.67. The molecule has 6 nitrogen and oxygen atoms in total. The first-order valence-corrected chi connectivity index (χ1v) is 11.2. The summed E-state index contributed by atoms with van der Waals surface area (Å²) in [5, 5.41) is 0. The molecule has 0 spiro atoms. The van der Waals surface area contributed by atoms with Crippen LogP contribution in [0.15, 0.2) is 30.3 Å². The van der Waals surface area contributed by atoms with Gasteiger partial charge in [-0.1, -0.05) is 51.1 Å². The van der Waals surface area contributed by atoms with Gasteiger partial charge in [0.2, 0.25) is 11.8 Å². The zero-order valence-corrected chi connectivity index (χ0v) is 19.0. The first kappa shape index (κ1) is 21.5. The first-order chi connectivity index (χ1) is 14.7. The van der Waals surface area contributed by atoms with Crippen LogP contribution in [-0.2, 0) is 22.4 Å². The number of anilines is 1. The van der Waals surface area contributed by atoms with Crippen molar-refractivity contribution in [1.82, 2.24) is 14.9 Å². The van der Waals surface area contributed by atoms with Crippen LogP contribution < -0.4 is 4.90 Å². The lowest BCUT2D eigenvalue weighted by molar-refractivity contribution is -0.138. The van der Waals surface area contributed by atoms with Crippen LogP contribution in [0.25, 0.3) is 0 Å². The summed E-state index contributed by atoms with van der Waals surface area (Å²) in [6.07, 6.45) is 2.85. The van der Waals surface area contributed by atoms with Crippen molar-refractivity contribution >= 4 is 17.6 Å². The van der Waals surface area contributed by atoms with E-state index in [9.17, 15) is 9.59 Å². The summed E-state index contributed by atoms with van der Waals surface area (Å²) >= 11 is 0. The summed E-state index contributed by atoms with van der Waals surface area (Å²) in [5.74, 6) is 1.95. The lowest BCUT2D eigenvalue weighted by Gasteiger charge is -2.30. The van der Waals surface area contributed by atoms with Crippen LogP contribution >= 0.6 is 0 Å². The van der Waals surface area contributed by atoms with Crippen molar-refractivity contribution in [3.8, 4) is 0 Å². The summed E-state index contributed by atoms with van der Waals surface area (Å²) in [6, 6.07) is 10.2. The molecule has 1 fully saturated rings. The molecule has 1 aromatic heterocycles. The van der Waals surface area contributed by atoms with Crippen LogP contribution in [0, 0.1) is 12.3 Å². The van der Waals surface area contributed by atoms with E-state index in [4.69, 9.17) is 9.97 Å². The van der Waals surface area contributed by atoms with Crippen LogP contribution in [0.4, 0.5) is 5.82 Å². The molecule has 0 saturated carbocycles. The van der Waals surface area contributed by atoms with Gasteiger partial charge < -0.3 is 4.90 Å². The van der Waals surface area contributed by atoms with E-state index in [1.807, 2.05) is 55.7 Å². The Kier molecular flexibility index (Phi) is 5.82. The van der Waals surface area contributed by atoms with Gasteiger partial charge in [-0.15, -0.1) is 0 Å². The lowest BCUT2D eigenvalue weighted by atomic mass is 9.95. The summed E-state index contributed by atoms with van der Waals surface area (Å²) in [5.41, 5.74) is 2.86. The standard InChI is InChI=1S/C25H32N4O2/c1-17-20-10-11-21(30)29(15-12-18-8-6-5-7-9-18)23(20)27-22(26-17)19-13-14-28(16-19)24(31)25(2,3)4/h5-9,19H,10-16H2,1-4H3/t19-/m1/s1. The molecule has 164 valence electrons. The molecular weight excluding hydrogens is 388 g/mol. The Morgan fingerprint density at radius 2 is 1.87 bits per heavy atom. The number of hydrogen-bond donors (Lipinski definition) is 0. The van der Waals surface area contributed by atoms with Gasteiger partial charge in [0, 0.05) is 48.6 Å². The summed E-state index contributed by atoms with van der Waals surface area (Å²) in [4.78, 5) is 39.0. The largest absolute Gasteiger partial charge is 0.341 e. The number of aromatic nitrogens is 2. The molecule has 2 amide bonds. The van der Waals surface area contributed by atoms with E-state index in [0.29, 0.717) is 25.9 Å². The number of aryl methyl sites for hydroxylation is 1. The molecule has 0 aliphatic carbocycles. The second-order valence-corrected chi connectivity index (χ2v) is 9.74. The second-order valence-electron chi connectivity index (χ2n) is 9.74. The summed E-state index contributed by atoms with van der Waals surface area (Å²) in [6.45, 7) is 9.88. The van der Waals surface area contributed by atoms with Crippen LogP contribution in [0.2, 0.25) is 0 Å². The molecule has 2 aliphatic heterocycles. The SMILES string of the molecule is Cc1nc([C@@H]2CCN(C(=O)C(C)(C)C)C2)nc2c1CCC(=O)N2CCc1ccccc1. The van der Waals surface area contributed by atoms with E-state index in [0.717, 1.165) is 42.3 Å². The van der Waals surface area contributed by atoms with E-state index in [-0.39, 0.29) is 23.1 Å². The van der Waals surface area contributed by atoms with E-state index >= 15 is 0 Å². The van der Waals surface area contributed by atoms with Crippen molar-refractivity contribution < 1.29 is 9.59 Å². The highest BCUT2D eigenvalue weighted by atomic mass is 16.2. The topological polar surface area (TPSA) is 66.4 Å². The fraction of sp³-hybridized carbons (Fsp3) is 0.520. The van der Waals surface area contributed by atoms with Gasteiger partial charge in [-0.25, -0.2) is 9.97 Å². The van der Waals surface area contributed by atoms with Crippen molar-refractivity contribution in [3.05, 3.63) is 53.0 Å². The third kappa shape index (κ3) is 4.48. The number of likely N-dealkylation sites (tertiary alicyclic amines) is 1. The van der Waals surface area contributed by atoms with E-state index in [1.54, 1.807) is 0 Å². The molecule has 1 atom stereocenters. The minimum atomic E-state index is -0.387. The normalized spacial score (nSPS) is 19.0. The smallest absolute Gasteiger partial charge is 0.228 e. The number of amides is 2. The molecule has 0 N–H and O–H groups in total. The monoisotopic (exact) mass is 420 g/mol. The molecule has 1 saturated heterocycles. The predicted molar refractivity (Wildman–Crippen MR) is 121 cm³/mol. The second kappa shape index (κ2) is 8.40. The third-order valence-electron chi connectivity index (χ3n) is 6.30. The average Bonchev–Trinajstić information content (AvgIpc) is 3.22. The van der Waals surface area contributed by atoms with Gasteiger partial charge in [0.05, 0.1) is 0 Å². The maximum Gasteiger partial charge on any atom is 0.228 e. The zero-order chi connectivity index (χ0) is 22.2. The molecule has 4 rings (SSSR count). The number of hydrogen-bond acceptors (Lipinski definition) is 4. The Bertz CT molecular complexity index is 981. The Hall–Kier alpha value is -2.76. The molecule has 31 heavy (non-hydrogen) atoms. The maximum absolute atomic E-state index is 12.8. The van der Waals surface area contributed by atoms with Crippen molar-refractivity contribution in [2.75, 3.05) is 24.5 Å². The molecule has 0 radical (unpaired) electrons. The van der Waals surface area contributed by atoms with Crippen molar-refractivity contribution in [2.24, 2.45) is 5.41 Å². The summed E-state index contributed by atoms with van der Waals surface area (Å²) in [7, 11) is 0. The van der Waals surface area contributed by atoms with Crippen LogP contribution in [-0.4, -0.2) is 46.3 Å². The fourth-order valence-corrected chi connectivity index (χ4v) is 4.53. The van der Waals surface area contributed by atoms with Gasteiger partial charge in [-0.05, 0) is 31.7 Å². The highest BCUT2D eigenvalue weighted by Crippen LogP contribution is 2.33. The van der Waals surface area contributed by atoms with Gasteiger partial charge in [0.1, 0.15) is 11.6 Å². The number of carbonyl (C=O) groups excluding carboxylic acids is 2. The number of fused-ring (bicyclic) bond motifs is 1. The van der Waals surface area contributed by atoms with Gasteiger partial charge >= 0.3 is 0 Å². The van der Waals surface area contributed by atoms with Gasteiger partial charge in [0.25, 0.3) is 0 Å². The number of nitrogens with zero attached hydrogens (tertiary/aromatic N) is 4. The minimum absolute atomic E-state index is 0.114. The maximum atomic E-state index is 12.8. The van der Waals surface area contributed by atoms with Gasteiger partial charge in [-0.3, -0.25) is 14.5 Å². The average molecular weight is 421 g/mol. The Morgan fingerprint density at radius 3 is 2.58 bits per heavy atom. The van der Waals surface area contributed by atoms with Crippen LogP contribution in [0.1, 0.15) is 62.2 Å². The summed E-state index contributed by atoms with van der Waals surface area (Å²) < 4.78 is 0. The third-order valence-corrected chi connectivity index (χ3v) is 6.30.